The first kappa shape index (κ1) is 62.1. The van der Waals surface area contributed by atoms with Gasteiger partial charge in [0.25, 0.3) is 0 Å². The van der Waals surface area contributed by atoms with Crippen molar-refractivity contribution in [3.63, 3.8) is 0 Å². The first-order valence-corrected chi connectivity index (χ1v) is 27.4. The Bertz CT molecular complexity index is 1190. The molecule has 0 aromatic heterocycles. The highest BCUT2D eigenvalue weighted by molar-refractivity contribution is 5.87. The van der Waals surface area contributed by atoms with Gasteiger partial charge in [-0.3, -0.25) is 14.4 Å². The van der Waals surface area contributed by atoms with E-state index in [0.717, 1.165) is 70.6 Å². The van der Waals surface area contributed by atoms with Crippen molar-refractivity contribution < 1.29 is 34.1 Å². The number of aliphatic hydroxyl groups is 1. The lowest BCUT2D eigenvalue weighted by molar-refractivity contribution is -0.150. The van der Waals surface area contributed by atoms with Gasteiger partial charge in [0.1, 0.15) is 12.1 Å². The molecule has 0 radical (unpaired) electrons. The molecule has 0 aromatic rings. The van der Waals surface area contributed by atoms with Crippen molar-refractivity contribution in [3.05, 3.63) is 36.5 Å². The van der Waals surface area contributed by atoms with Crippen molar-refractivity contribution in [2.24, 2.45) is 0 Å². The Kier molecular flexibility index (Phi) is 48.2. The molecule has 9 heteroatoms. The number of ether oxygens (including phenoxy) is 1. The van der Waals surface area contributed by atoms with Gasteiger partial charge in [0.15, 0.2) is 0 Å². The number of nitrogens with one attached hydrogen (secondary N) is 2. The quantitative estimate of drug-likeness (QED) is 0.0270. The monoisotopic (exact) mass is 915 g/mol. The van der Waals surface area contributed by atoms with E-state index < -0.39 is 24.5 Å². The summed E-state index contributed by atoms with van der Waals surface area (Å²) in [5, 5.41) is 22.7. The molecule has 0 aromatic carbocycles. The van der Waals surface area contributed by atoms with Crippen molar-refractivity contribution in [1.82, 2.24) is 10.6 Å². The molecular formula is C56H102N2O7. The molecule has 0 spiro atoms. The lowest BCUT2D eigenvalue weighted by Gasteiger charge is -2.18. The maximum absolute atomic E-state index is 12.9. The van der Waals surface area contributed by atoms with Crippen LogP contribution in [0, 0.1) is 0 Å². The number of amides is 2. The van der Waals surface area contributed by atoms with Crippen LogP contribution in [0.25, 0.3) is 0 Å². The summed E-state index contributed by atoms with van der Waals surface area (Å²) in [4.78, 5) is 47.9. The molecule has 2 amide bonds. The average molecular weight is 915 g/mol. The number of carbonyl (C=O) groups is 4. The molecule has 378 valence electrons. The zero-order chi connectivity index (χ0) is 47.5. The first-order chi connectivity index (χ1) is 31.8. The normalized spacial score (nSPS) is 12.7. The number of aliphatic carboxylic acids is 1. The molecule has 0 aliphatic rings. The number of unbranched alkanes of at least 4 members (excludes halogenated alkanes) is 30. The van der Waals surface area contributed by atoms with Gasteiger partial charge < -0.3 is 25.6 Å². The van der Waals surface area contributed by atoms with Gasteiger partial charge in [0.05, 0.1) is 13.2 Å². The standard InChI is InChI=1S/C56H102N2O7/c1-3-5-7-9-11-13-15-17-19-20-21-22-23-24-25-26-27-29-31-33-35-40-44-48-55(62)65-51(45-41-37-34-32-30-28-18-16-14-12-10-8-6-4-2)46-42-38-36-39-43-47-53(60)57-49-54(61)58-52(50-59)56(63)64/h15,17,20-21,23-24,51-52,59H,3-14,16,18-19,22,25-50H2,1-2H3,(H,57,60)(H,58,61)(H,63,64)/b17-15-,21-20-,24-23-. The van der Waals surface area contributed by atoms with Gasteiger partial charge >= 0.3 is 11.9 Å². The fourth-order valence-electron chi connectivity index (χ4n) is 8.20. The van der Waals surface area contributed by atoms with E-state index in [1.165, 1.54) is 167 Å². The van der Waals surface area contributed by atoms with Gasteiger partial charge in [-0.15, -0.1) is 0 Å². The molecule has 0 saturated heterocycles. The first-order valence-electron chi connectivity index (χ1n) is 27.4. The number of rotatable bonds is 50. The average Bonchev–Trinajstić information content (AvgIpc) is 3.29. The van der Waals surface area contributed by atoms with E-state index in [1.54, 1.807) is 0 Å². The van der Waals surface area contributed by atoms with Crippen LogP contribution in [0.1, 0.15) is 271 Å². The Morgan fingerprint density at radius 1 is 0.462 bits per heavy atom. The number of carboxylic acids is 1. The van der Waals surface area contributed by atoms with Crippen LogP contribution in [0.5, 0.6) is 0 Å². The Balaban J connectivity index is 4.25. The van der Waals surface area contributed by atoms with Gasteiger partial charge in [0, 0.05) is 12.8 Å². The molecular weight excluding hydrogens is 813 g/mol. The molecule has 0 aliphatic carbocycles. The van der Waals surface area contributed by atoms with Crippen molar-refractivity contribution in [1.29, 1.82) is 0 Å². The van der Waals surface area contributed by atoms with E-state index in [9.17, 15) is 19.2 Å². The number of hydrogen-bond acceptors (Lipinski definition) is 6. The van der Waals surface area contributed by atoms with Gasteiger partial charge in [-0.05, 0) is 77.0 Å². The van der Waals surface area contributed by atoms with Crippen LogP contribution in [0.4, 0.5) is 0 Å². The molecule has 0 heterocycles. The predicted octanol–water partition coefficient (Wildman–Crippen LogP) is 14.9. The van der Waals surface area contributed by atoms with E-state index in [-0.39, 0.29) is 24.5 Å². The van der Waals surface area contributed by atoms with Gasteiger partial charge in [-0.25, -0.2) is 4.79 Å². The molecule has 0 saturated carbocycles. The summed E-state index contributed by atoms with van der Waals surface area (Å²) in [7, 11) is 0. The molecule has 0 bridgehead atoms. The number of hydrogen-bond donors (Lipinski definition) is 4. The van der Waals surface area contributed by atoms with E-state index in [1.807, 2.05) is 0 Å². The zero-order valence-corrected chi connectivity index (χ0v) is 42.3. The second-order valence-electron chi connectivity index (χ2n) is 18.7. The fraction of sp³-hybridized carbons (Fsp3) is 0.821. The third-order valence-electron chi connectivity index (χ3n) is 12.4. The van der Waals surface area contributed by atoms with Gasteiger partial charge in [-0.1, -0.05) is 217 Å². The SMILES string of the molecule is CCCCCCC/C=C\C/C=C\C/C=C\CCCCCCCCCCC(=O)OC(CCCCCCCCCCCCCCCC)CCCCCCCC(=O)NCC(=O)NC(CO)C(=O)O. The summed E-state index contributed by atoms with van der Waals surface area (Å²) in [6, 6.07) is -1.38. The predicted molar refractivity (Wildman–Crippen MR) is 273 cm³/mol. The second kappa shape index (κ2) is 50.5. The molecule has 4 N–H and O–H groups in total. The molecule has 0 aliphatic heterocycles. The van der Waals surface area contributed by atoms with Crippen LogP contribution in [0.3, 0.4) is 0 Å². The fourth-order valence-corrected chi connectivity index (χ4v) is 8.20. The number of allylic oxidation sites excluding steroid dienone is 6. The van der Waals surface area contributed by atoms with E-state index in [2.05, 4.69) is 60.9 Å². The Hall–Kier alpha value is -2.94. The molecule has 65 heavy (non-hydrogen) atoms. The van der Waals surface area contributed by atoms with Gasteiger partial charge in [0.2, 0.25) is 11.8 Å². The number of carboxylic acid groups (broad SMARTS) is 1. The topological polar surface area (TPSA) is 142 Å². The molecule has 2 unspecified atom stereocenters. The lowest BCUT2D eigenvalue weighted by Crippen LogP contribution is -2.47. The van der Waals surface area contributed by atoms with Crippen molar-refractivity contribution >= 4 is 23.8 Å². The zero-order valence-electron chi connectivity index (χ0n) is 42.3. The lowest BCUT2D eigenvalue weighted by atomic mass is 10.0. The van der Waals surface area contributed by atoms with Crippen molar-refractivity contribution in [2.45, 2.75) is 283 Å². The molecule has 0 rings (SSSR count). The summed E-state index contributed by atoms with van der Waals surface area (Å²) in [5.74, 6) is -2.28. The van der Waals surface area contributed by atoms with Crippen LogP contribution in [0.2, 0.25) is 0 Å². The minimum Gasteiger partial charge on any atom is -0.480 e. The molecule has 2 atom stereocenters. The number of esters is 1. The highest BCUT2D eigenvalue weighted by Crippen LogP contribution is 2.19. The second-order valence-corrected chi connectivity index (χ2v) is 18.7. The van der Waals surface area contributed by atoms with E-state index in [0.29, 0.717) is 19.3 Å². The van der Waals surface area contributed by atoms with Gasteiger partial charge in [-0.2, -0.15) is 0 Å². The third kappa shape index (κ3) is 47.4. The summed E-state index contributed by atoms with van der Waals surface area (Å²) in [6.07, 6.45) is 60.4. The number of carbonyl (C=O) groups excluding carboxylic acids is 3. The minimum atomic E-state index is -1.38. The number of aliphatic hydroxyl groups excluding tert-OH is 1. The Morgan fingerprint density at radius 3 is 1.25 bits per heavy atom. The van der Waals surface area contributed by atoms with E-state index in [4.69, 9.17) is 14.9 Å². The summed E-state index contributed by atoms with van der Waals surface area (Å²) in [6.45, 7) is 3.50. The maximum Gasteiger partial charge on any atom is 0.328 e. The smallest absolute Gasteiger partial charge is 0.328 e. The summed E-state index contributed by atoms with van der Waals surface area (Å²) >= 11 is 0. The van der Waals surface area contributed by atoms with Crippen LogP contribution in [-0.4, -0.2) is 59.3 Å². The Morgan fingerprint density at radius 2 is 0.831 bits per heavy atom. The largest absolute Gasteiger partial charge is 0.480 e. The van der Waals surface area contributed by atoms with Crippen LogP contribution >= 0.6 is 0 Å². The Labute approximate surface area is 399 Å². The highest BCUT2D eigenvalue weighted by Gasteiger charge is 2.19. The van der Waals surface area contributed by atoms with Crippen LogP contribution in [-0.2, 0) is 23.9 Å². The molecule has 0 fully saturated rings. The summed E-state index contributed by atoms with van der Waals surface area (Å²) in [5.41, 5.74) is 0. The van der Waals surface area contributed by atoms with Crippen LogP contribution < -0.4 is 10.6 Å². The van der Waals surface area contributed by atoms with Crippen molar-refractivity contribution in [3.8, 4) is 0 Å². The van der Waals surface area contributed by atoms with Crippen molar-refractivity contribution in [2.75, 3.05) is 13.2 Å². The van der Waals surface area contributed by atoms with E-state index >= 15 is 0 Å². The highest BCUT2D eigenvalue weighted by atomic mass is 16.5. The summed E-state index contributed by atoms with van der Waals surface area (Å²) < 4.78 is 6.08. The van der Waals surface area contributed by atoms with Crippen LogP contribution in [0.15, 0.2) is 36.5 Å². The molecule has 9 nitrogen and oxygen atoms in total. The third-order valence-corrected chi connectivity index (χ3v) is 12.4. The maximum atomic E-state index is 12.9. The minimum absolute atomic E-state index is 0.0171.